The molecule has 6 heteroatoms. The van der Waals surface area contributed by atoms with E-state index in [2.05, 4.69) is 9.98 Å². The third kappa shape index (κ3) is 3.19. The zero-order valence-corrected chi connectivity index (χ0v) is 15.5. The first-order valence-electron chi connectivity index (χ1n) is 8.62. The van der Waals surface area contributed by atoms with Gasteiger partial charge in [0.15, 0.2) is 0 Å². The number of hydrogen-bond donors (Lipinski definition) is 0. The summed E-state index contributed by atoms with van der Waals surface area (Å²) in [5.74, 6) is -0.986. The molecule has 0 radical (unpaired) electrons. The minimum Gasteiger partial charge on any atom is -0.288 e. The first-order valence-corrected chi connectivity index (χ1v) is 9.49. The van der Waals surface area contributed by atoms with Crippen molar-refractivity contribution in [2.45, 2.75) is 18.9 Å². The standard InChI is InChI=1S/C21H17N3O2S/c1-14(18-9-6-12-27-18)23-13-17-15-7-2-3-8-16(15)20(25)24(21(17)26)19-10-4-5-11-22-19/h2-14,17H,1H3/t14-,17?/m0/s1. The van der Waals surface area contributed by atoms with E-state index >= 15 is 0 Å². The molecule has 5 nitrogen and oxygen atoms in total. The number of anilines is 1. The Balaban J connectivity index is 1.74. The summed E-state index contributed by atoms with van der Waals surface area (Å²) in [6, 6.07) is 16.3. The number of hydrogen-bond acceptors (Lipinski definition) is 5. The van der Waals surface area contributed by atoms with Crippen LogP contribution >= 0.6 is 11.3 Å². The number of pyridine rings is 1. The molecule has 1 unspecified atom stereocenters. The highest BCUT2D eigenvalue weighted by atomic mass is 32.1. The number of fused-ring (bicyclic) bond motifs is 1. The monoisotopic (exact) mass is 375 g/mol. The van der Waals surface area contributed by atoms with Crippen LogP contribution in [0.1, 0.15) is 39.7 Å². The maximum atomic E-state index is 13.2. The lowest BCUT2D eigenvalue weighted by Gasteiger charge is -2.30. The van der Waals surface area contributed by atoms with Crippen LogP contribution in [-0.2, 0) is 4.79 Å². The van der Waals surface area contributed by atoms with Gasteiger partial charge in [-0.1, -0.05) is 30.3 Å². The predicted molar refractivity (Wildman–Crippen MR) is 106 cm³/mol. The van der Waals surface area contributed by atoms with Gasteiger partial charge in [0.25, 0.3) is 5.91 Å². The zero-order chi connectivity index (χ0) is 18.8. The number of aliphatic imine (C=N–C) groups is 1. The molecule has 0 saturated carbocycles. The summed E-state index contributed by atoms with van der Waals surface area (Å²) < 4.78 is 0. The molecule has 2 amide bonds. The van der Waals surface area contributed by atoms with Crippen LogP contribution in [0.2, 0.25) is 0 Å². The first kappa shape index (κ1) is 17.3. The van der Waals surface area contributed by atoms with Crippen LogP contribution in [0.5, 0.6) is 0 Å². The van der Waals surface area contributed by atoms with Gasteiger partial charge in [0.1, 0.15) is 5.82 Å². The molecule has 2 aromatic heterocycles. The minimum absolute atomic E-state index is 0.0501. The van der Waals surface area contributed by atoms with Crippen LogP contribution in [0.4, 0.5) is 5.82 Å². The van der Waals surface area contributed by atoms with E-state index in [1.165, 1.54) is 0 Å². The maximum Gasteiger partial charge on any atom is 0.266 e. The number of carbonyl (C=O) groups is 2. The number of imide groups is 1. The van der Waals surface area contributed by atoms with Crippen molar-refractivity contribution in [1.82, 2.24) is 4.98 Å². The smallest absolute Gasteiger partial charge is 0.266 e. The molecule has 0 saturated heterocycles. The number of benzene rings is 1. The third-order valence-corrected chi connectivity index (χ3v) is 5.55. The van der Waals surface area contributed by atoms with E-state index in [0.717, 1.165) is 9.78 Å². The summed E-state index contributed by atoms with van der Waals surface area (Å²) in [6.07, 6.45) is 3.23. The minimum atomic E-state index is -0.622. The Bertz CT molecular complexity index is 999. The molecule has 3 heterocycles. The highest BCUT2D eigenvalue weighted by Crippen LogP contribution is 2.31. The van der Waals surface area contributed by atoms with Gasteiger partial charge in [-0.25, -0.2) is 9.88 Å². The lowest BCUT2D eigenvalue weighted by atomic mass is 9.89. The fourth-order valence-electron chi connectivity index (χ4n) is 3.12. The van der Waals surface area contributed by atoms with Crippen LogP contribution in [0.15, 0.2) is 71.2 Å². The van der Waals surface area contributed by atoms with Crippen LogP contribution in [-0.4, -0.2) is 23.0 Å². The van der Waals surface area contributed by atoms with E-state index < -0.39 is 5.92 Å². The van der Waals surface area contributed by atoms with E-state index in [1.54, 1.807) is 54.1 Å². The Kier molecular flexibility index (Phi) is 4.64. The second kappa shape index (κ2) is 7.25. The van der Waals surface area contributed by atoms with Crippen LogP contribution in [0.3, 0.4) is 0 Å². The second-order valence-corrected chi connectivity index (χ2v) is 7.20. The molecule has 0 aliphatic carbocycles. The zero-order valence-electron chi connectivity index (χ0n) is 14.6. The van der Waals surface area contributed by atoms with Crippen molar-refractivity contribution in [3.8, 4) is 0 Å². The summed E-state index contributed by atoms with van der Waals surface area (Å²) in [5, 5.41) is 2.00. The van der Waals surface area contributed by atoms with Crippen LogP contribution < -0.4 is 4.90 Å². The predicted octanol–water partition coefficient (Wildman–Crippen LogP) is 4.25. The highest BCUT2D eigenvalue weighted by Gasteiger charge is 2.39. The Morgan fingerprint density at radius 3 is 2.67 bits per heavy atom. The van der Waals surface area contributed by atoms with Gasteiger partial charge in [0.05, 0.1) is 12.0 Å². The van der Waals surface area contributed by atoms with E-state index in [4.69, 9.17) is 0 Å². The van der Waals surface area contributed by atoms with Gasteiger partial charge >= 0.3 is 0 Å². The van der Waals surface area contributed by atoms with Crippen molar-refractivity contribution in [3.63, 3.8) is 0 Å². The van der Waals surface area contributed by atoms with E-state index in [0.29, 0.717) is 16.9 Å². The van der Waals surface area contributed by atoms with Gasteiger partial charge in [0.2, 0.25) is 5.91 Å². The average Bonchev–Trinajstić information content (AvgIpc) is 3.24. The average molecular weight is 375 g/mol. The summed E-state index contributed by atoms with van der Waals surface area (Å²) >= 11 is 1.63. The summed E-state index contributed by atoms with van der Waals surface area (Å²) in [4.78, 5) is 37.2. The van der Waals surface area contributed by atoms with Crippen molar-refractivity contribution in [1.29, 1.82) is 0 Å². The Morgan fingerprint density at radius 1 is 1.11 bits per heavy atom. The van der Waals surface area contributed by atoms with Gasteiger partial charge in [-0.2, -0.15) is 0 Å². The molecule has 1 aromatic carbocycles. The largest absolute Gasteiger partial charge is 0.288 e. The lowest BCUT2D eigenvalue weighted by molar-refractivity contribution is -0.118. The number of thiophene rings is 1. The Morgan fingerprint density at radius 2 is 1.93 bits per heavy atom. The molecule has 0 bridgehead atoms. The molecular weight excluding hydrogens is 358 g/mol. The van der Waals surface area contributed by atoms with Crippen LogP contribution in [0, 0.1) is 0 Å². The first-order chi connectivity index (χ1) is 13.2. The van der Waals surface area contributed by atoms with Gasteiger partial charge in [-0.3, -0.25) is 14.6 Å². The number of aromatic nitrogens is 1. The van der Waals surface area contributed by atoms with E-state index in [1.807, 2.05) is 36.6 Å². The summed E-state index contributed by atoms with van der Waals surface area (Å²) in [5.41, 5.74) is 1.18. The van der Waals surface area contributed by atoms with Gasteiger partial charge in [-0.05, 0) is 42.1 Å². The molecule has 4 rings (SSSR count). The molecule has 0 fully saturated rings. The second-order valence-electron chi connectivity index (χ2n) is 6.22. The van der Waals surface area contributed by atoms with Crippen molar-refractivity contribution < 1.29 is 9.59 Å². The molecule has 0 N–H and O–H groups in total. The van der Waals surface area contributed by atoms with E-state index in [9.17, 15) is 9.59 Å². The molecular formula is C21H17N3O2S. The topological polar surface area (TPSA) is 62.6 Å². The van der Waals surface area contributed by atoms with Crippen molar-refractivity contribution in [2.24, 2.45) is 4.99 Å². The fraction of sp³-hybridized carbons (Fsp3) is 0.143. The number of carbonyl (C=O) groups excluding carboxylic acids is 2. The summed E-state index contributed by atoms with van der Waals surface area (Å²) in [6.45, 7) is 1.99. The van der Waals surface area contributed by atoms with Gasteiger partial charge in [0, 0.05) is 22.9 Å². The molecule has 3 aromatic rings. The van der Waals surface area contributed by atoms with E-state index in [-0.39, 0.29) is 17.9 Å². The molecule has 1 aliphatic heterocycles. The van der Waals surface area contributed by atoms with Crippen molar-refractivity contribution in [3.05, 3.63) is 82.2 Å². The fourth-order valence-corrected chi connectivity index (χ4v) is 3.85. The molecule has 1 aliphatic rings. The highest BCUT2D eigenvalue weighted by molar-refractivity contribution is 7.10. The van der Waals surface area contributed by atoms with Gasteiger partial charge in [-0.15, -0.1) is 11.3 Å². The summed E-state index contributed by atoms with van der Waals surface area (Å²) in [7, 11) is 0. The quantitative estimate of drug-likeness (QED) is 0.506. The Hall–Kier alpha value is -3.12. The molecule has 27 heavy (non-hydrogen) atoms. The lowest BCUT2D eigenvalue weighted by Crippen LogP contribution is -2.46. The third-order valence-electron chi connectivity index (χ3n) is 4.51. The number of amides is 2. The van der Waals surface area contributed by atoms with Crippen molar-refractivity contribution in [2.75, 3.05) is 4.90 Å². The number of rotatable bonds is 4. The van der Waals surface area contributed by atoms with Crippen LogP contribution in [0.25, 0.3) is 0 Å². The van der Waals surface area contributed by atoms with Crippen molar-refractivity contribution >= 4 is 35.2 Å². The normalized spacial score (nSPS) is 18.0. The SMILES string of the molecule is C[C@H](N=CC1C(=O)N(c2ccccn2)C(=O)c2ccccc21)c1cccs1. The maximum absolute atomic E-state index is 13.2. The Labute approximate surface area is 161 Å². The molecule has 0 spiro atoms. The molecule has 2 atom stereocenters. The number of nitrogens with zero attached hydrogens (tertiary/aromatic N) is 3. The molecule has 134 valence electrons. The van der Waals surface area contributed by atoms with Gasteiger partial charge < -0.3 is 0 Å².